The third-order valence-corrected chi connectivity index (χ3v) is 5.90. The van der Waals surface area contributed by atoms with E-state index in [4.69, 9.17) is 24.3 Å². The van der Waals surface area contributed by atoms with E-state index in [1.165, 1.54) is 16.8 Å². The van der Waals surface area contributed by atoms with Gasteiger partial charge in [-0.3, -0.25) is 23.5 Å². The van der Waals surface area contributed by atoms with Crippen molar-refractivity contribution in [2.45, 2.75) is 66.7 Å². The van der Waals surface area contributed by atoms with Crippen LogP contribution in [0.5, 0.6) is 0 Å². The molecular formula is C21H32N3O8P. The topological polar surface area (TPSA) is 149 Å². The lowest BCUT2D eigenvalue weighted by atomic mass is 9.92. The maximum Gasteiger partial charge on any atom is 0.351 e. The maximum absolute atomic E-state index is 12.7. The molecule has 0 saturated carbocycles. The molecule has 1 aromatic heterocycles. The van der Waals surface area contributed by atoms with Gasteiger partial charge in [0.05, 0.1) is 18.1 Å². The van der Waals surface area contributed by atoms with Gasteiger partial charge in [0.2, 0.25) is 5.78 Å². The molecule has 3 unspecified atom stereocenters. The molecule has 0 amide bonds. The van der Waals surface area contributed by atoms with Crippen molar-refractivity contribution in [1.82, 2.24) is 9.55 Å². The number of rotatable bonds is 9. The molecule has 33 heavy (non-hydrogen) atoms. The number of Topliss-reactive ketones (excluding diaryl/α,β-unsaturated/α-hetero) is 1. The van der Waals surface area contributed by atoms with E-state index in [2.05, 4.69) is 4.98 Å². The fourth-order valence-corrected chi connectivity index (χ4v) is 3.97. The molecule has 12 heteroatoms. The smallest absolute Gasteiger partial charge is 0.351 e. The lowest BCUT2D eigenvalue weighted by Crippen LogP contribution is -2.30. The van der Waals surface area contributed by atoms with Crippen LogP contribution in [-0.2, 0) is 32.9 Å². The second-order valence-corrected chi connectivity index (χ2v) is 11.1. The summed E-state index contributed by atoms with van der Waals surface area (Å²) in [6.45, 7) is 9.31. The molecular weight excluding hydrogens is 453 g/mol. The molecule has 0 aliphatic carbocycles. The second-order valence-electron chi connectivity index (χ2n) is 9.70. The number of anilines is 1. The number of hydrogen-bond donors (Lipinski definition) is 1. The number of nitrogen functional groups attached to an aromatic ring is 1. The third kappa shape index (κ3) is 7.67. The average molecular weight is 485 g/mol. The van der Waals surface area contributed by atoms with Crippen LogP contribution in [0.4, 0.5) is 5.82 Å². The van der Waals surface area contributed by atoms with Crippen molar-refractivity contribution in [1.29, 1.82) is 0 Å². The predicted octanol–water partition coefficient (Wildman–Crippen LogP) is 2.54. The Balaban J connectivity index is 2.00. The van der Waals surface area contributed by atoms with Gasteiger partial charge in [0, 0.05) is 11.6 Å². The van der Waals surface area contributed by atoms with Crippen LogP contribution in [-0.4, -0.2) is 46.3 Å². The Morgan fingerprint density at radius 2 is 1.82 bits per heavy atom. The lowest BCUT2D eigenvalue weighted by molar-refractivity contribution is -0.160. The molecule has 0 radical (unpaired) electrons. The predicted molar refractivity (Wildman–Crippen MR) is 120 cm³/mol. The van der Waals surface area contributed by atoms with E-state index >= 15 is 0 Å². The van der Waals surface area contributed by atoms with Crippen molar-refractivity contribution in [3.8, 4) is 0 Å². The van der Waals surface area contributed by atoms with Gasteiger partial charge in [-0.2, -0.15) is 4.98 Å². The van der Waals surface area contributed by atoms with Crippen molar-refractivity contribution in [2.75, 3.05) is 19.1 Å². The summed E-state index contributed by atoms with van der Waals surface area (Å²) in [5, 5.41) is 0. The van der Waals surface area contributed by atoms with Gasteiger partial charge in [0.15, 0.2) is 6.79 Å². The van der Waals surface area contributed by atoms with Crippen LogP contribution in [0, 0.1) is 10.8 Å². The monoisotopic (exact) mass is 485 g/mol. The van der Waals surface area contributed by atoms with Crippen LogP contribution < -0.4 is 11.4 Å². The zero-order chi connectivity index (χ0) is 25.0. The van der Waals surface area contributed by atoms with E-state index in [1.54, 1.807) is 41.5 Å². The number of nitrogens with two attached hydrogens (primary N) is 1. The first-order valence-electron chi connectivity index (χ1n) is 10.5. The Bertz CT molecular complexity index is 935. The van der Waals surface area contributed by atoms with Gasteiger partial charge in [-0.15, -0.1) is 0 Å². The maximum atomic E-state index is 12.7. The quantitative estimate of drug-likeness (QED) is 0.239. The largest absolute Gasteiger partial charge is 0.438 e. The van der Waals surface area contributed by atoms with Crippen molar-refractivity contribution in [3.63, 3.8) is 0 Å². The zero-order valence-electron chi connectivity index (χ0n) is 19.8. The first-order chi connectivity index (χ1) is 15.2. The highest BCUT2D eigenvalue weighted by molar-refractivity contribution is 7.69. The van der Waals surface area contributed by atoms with E-state index in [0.717, 1.165) is 0 Å². The van der Waals surface area contributed by atoms with Crippen LogP contribution in [0.3, 0.4) is 0 Å². The summed E-state index contributed by atoms with van der Waals surface area (Å²) in [5.41, 5.74) is 2.49. The molecule has 0 spiro atoms. The molecule has 1 aliphatic rings. The Labute approximate surface area is 193 Å². The number of carbonyl (C=O) groups excluding carboxylic acids is 3. The normalized spacial score (nSPS) is 19.8. The number of ether oxygens (including phenoxy) is 2. The minimum atomic E-state index is -2.33. The minimum absolute atomic E-state index is 0.0459. The van der Waals surface area contributed by atoms with Crippen LogP contribution in [0.25, 0.3) is 0 Å². The summed E-state index contributed by atoms with van der Waals surface area (Å²) in [7, 11) is -2.33. The van der Waals surface area contributed by atoms with E-state index in [1.807, 2.05) is 0 Å². The fraction of sp³-hybridized carbons (Fsp3) is 0.667. The van der Waals surface area contributed by atoms with Crippen molar-refractivity contribution in [3.05, 3.63) is 22.7 Å². The third-order valence-electron chi connectivity index (χ3n) is 4.64. The summed E-state index contributed by atoms with van der Waals surface area (Å²) < 4.78 is 23.2. The molecule has 1 saturated heterocycles. The number of carbonyl (C=O) groups is 3. The summed E-state index contributed by atoms with van der Waals surface area (Å²) in [6, 6.07) is 1.50. The number of aromatic nitrogens is 2. The van der Waals surface area contributed by atoms with Gasteiger partial charge in [-0.1, -0.05) is 20.8 Å². The molecule has 3 atom stereocenters. The number of esters is 1. The molecule has 0 aromatic carbocycles. The van der Waals surface area contributed by atoms with E-state index in [-0.39, 0.29) is 12.4 Å². The van der Waals surface area contributed by atoms with Gasteiger partial charge in [-0.25, -0.2) is 4.79 Å². The van der Waals surface area contributed by atoms with Crippen LogP contribution >= 0.6 is 8.38 Å². The zero-order valence-corrected chi connectivity index (χ0v) is 20.7. The number of ketones is 1. The van der Waals surface area contributed by atoms with Gasteiger partial charge in [0.1, 0.15) is 12.0 Å². The molecule has 1 fully saturated rings. The van der Waals surface area contributed by atoms with Crippen molar-refractivity contribution >= 4 is 31.5 Å². The molecule has 184 valence electrons. The first-order valence-corrected chi connectivity index (χ1v) is 11.7. The Morgan fingerprint density at radius 1 is 1.15 bits per heavy atom. The van der Waals surface area contributed by atoms with E-state index < -0.39 is 61.3 Å². The molecule has 11 nitrogen and oxygen atoms in total. The Hall–Kier alpha value is -2.20. The highest BCUT2D eigenvalue weighted by atomic mass is 31.2. The van der Waals surface area contributed by atoms with Gasteiger partial charge in [-0.05, 0) is 39.7 Å². The highest BCUT2D eigenvalue weighted by Gasteiger charge is 2.37. The van der Waals surface area contributed by atoms with Gasteiger partial charge >= 0.3 is 11.7 Å². The molecule has 2 heterocycles. The van der Waals surface area contributed by atoms with Crippen LogP contribution in [0.15, 0.2) is 17.1 Å². The van der Waals surface area contributed by atoms with Gasteiger partial charge in [0.25, 0.3) is 13.9 Å². The minimum Gasteiger partial charge on any atom is -0.438 e. The Morgan fingerprint density at radius 3 is 2.39 bits per heavy atom. The Kier molecular flexibility index (Phi) is 8.87. The molecule has 0 bridgehead atoms. The second kappa shape index (κ2) is 10.8. The van der Waals surface area contributed by atoms with Crippen molar-refractivity contribution < 1.29 is 32.9 Å². The molecule has 2 rings (SSSR count). The fourth-order valence-electron chi connectivity index (χ4n) is 2.71. The summed E-state index contributed by atoms with van der Waals surface area (Å²) in [6.07, 6.45) is 1.58. The summed E-state index contributed by atoms with van der Waals surface area (Å²) in [5.74, 6) is -1.05. The first kappa shape index (κ1) is 27.0. The summed E-state index contributed by atoms with van der Waals surface area (Å²) >= 11 is 0. The van der Waals surface area contributed by atoms with Crippen LogP contribution in [0.2, 0.25) is 0 Å². The standard InChI is InChI=1S/C21H32N3O8P/c1-20(2,3)16(25)17(26)33(31-12-29-18(27)21(4,5)6)30-11-13-7-8-15(32-13)24-10-9-14(22)23-19(24)28/h9-10,13,15H,7-8,11-12H2,1-6H3,(H2,22,23,28). The molecule has 2 N–H and O–H groups in total. The van der Waals surface area contributed by atoms with E-state index in [0.29, 0.717) is 12.8 Å². The van der Waals surface area contributed by atoms with E-state index in [9.17, 15) is 19.2 Å². The SMILES string of the molecule is CC(C)(C)C(=O)OCOP(OCC1CCC(n2ccc(N)nc2=O)O1)C(=O)C(=O)C(C)(C)C. The number of nitrogens with zero attached hydrogens (tertiary/aromatic N) is 2. The number of hydrogen-bond acceptors (Lipinski definition) is 10. The molecule has 1 aromatic rings. The lowest BCUT2D eigenvalue weighted by Gasteiger charge is -2.22. The molecule has 1 aliphatic heterocycles. The van der Waals surface area contributed by atoms with Gasteiger partial charge < -0.3 is 19.7 Å². The highest BCUT2D eigenvalue weighted by Crippen LogP contribution is 2.43. The summed E-state index contributed by atoms with van der Waals surface area (Å²) in [4.78, 5) is 52.8. The van der Waals surface area contributed by atoms with Crippen molar-refractivity contribution in [2.24, 2.45) is 10.8 Å². The average Bonchev–Trinajstić information content (AvgIpc) is 3.16. The van der Waals surface area contributed by atoms with Crippen LogP contribution in [0.1, 0.15) is 60.6 Å².